The SMILES string of the molecule is Cc1csc(C2(CN)[C@@H]3CN(c4cnc(Sc5ccnc(-n6cccn6)c5Cl)cn4)C[C@@H]32)n1. The van der Waals surface area contributed by atoms with Gasteiger partial charge in [0.1, 0.15) is 15.9 Å². The predicted molar refractivity (Wildman–Crippen MR) is 129 cm³/mol. The molecule has 2 fully saturated rings. The Labute approximate surface area is 204 Å². The molecule has 3 atom stereocenters. The lowest BCUT2D eigenvalue weighted by Crippen LogP contribution is -2.35. The first-order chi connectivity index (χ1) is 16.1. The van der Waals surface area contributed by atoms with Gasteiger partial charge in [0.2, 0.25) is 0 Å². The zero-order valence-corrected chi connectivity index (χ0v) is 20.2. The average Bonchev–Trinajstić information content (AvgIpc) is 3.39. The normalized spacial score (nSPS) is 23.7. The second kappa shape index (κ2) is 8.05. The van der Waals surface area contributed by atoms with Crippen LogP contribution in [0.1, 0.15) is 10.7 Å². The van der Waals surface area contributed by atoms with E-state index in [9.17, 15) is 0 Å². The number of aromatic nitrogens is 6. The van der Waals surface area contributed by atoms with Crippen LogP contribution in [-0.2, 0) is 5.41 Å². The van der Waals surface area contributed by atoms with Crippen molar-refractivity contribution in [2.75, 3.05) is 24.5 Å². The van der Waals surface area contributed by atoms with Crippen molar-refractivity contribution in [3.63, 3.8) is 0 Å². The van der Waals surface area contributed by atoms with Crippen molar-refractivity contribution in [2.24, 2.45) is 17.6 Å². The van der Waals surface area contributed by atoms with E-state index in [4.69, 9.17) is 22.3 Å². The minimum Gasteiger partial charge on any atom is -0.355 e. The first-order valence-corrected chi connectivity index (χ1v) is 12.7. The minimum absolute atomic E-state index is 0.0447. The lowest BCUT2D eigenvalue weighted by molar-refractivity contribution is 0.548. The highest BCUT2D eigenvalue weighted by Crippen LogP contribution is 2.63. The molecule has 1 aliphatic carbocycles. The number of thiazole rings is 1. The Morgan fingerprint density at radius 2 is 2.06 bits per heavy atom. The van der Waals surface area contributed by atoms with E-state index in [1.165, 1.54) is 16.8 Å². The molecule has 1 saturated carbocycles. The molecule has 0 spiro atoms. The third kappa shape index (κ3) is 3.43. The van der Waals surface area contributed by atoms with Gasteiger partial charge >= 0.3 is 0 Å². The van der Waals surface area contributed by atoms with Crippen molar-refractivity contribution >= 4 is 40.5 Å². The second-order valence-electron chi connectivity index (χ2n) is 8.37. The molecule has 5 heterocycles. The van der Waals surface area contributed by atoms with E-state index in [2.05, 4.69) is 30.3 Å². The van der Waals surface area contributed by atoms with Gasteiger partial charge < -0.3 is 10.6 Å². The van der Waals surface area contributed by atoms with Crippen LogP contribution in [-0.4, -0.2) is 49.4 Å². The third-order valence-electron chi connectivity index (χ3n) is 6.60. The summed E-state index contributed by atoms with van der Waals surface area (Å²) < 4.78 is 1.65. The quantitative estimate of drug-likeness (QED) is 0.432. The van der Waals surface area contributed by atoms with Crippen LogP contribution in [0.3, 0.4) is 0 Å². The number of hydrogen-bond donors (Lipinski definition) is 1. The Balaban J connectivity index is 1.15. The number of pyridine rings is 1. The molecule has 11 heteroatoms. The molecular weight excluding hydrogens is 476 g/mol. The maximum Gasteiger partial charge on any atom is 0.173 e. The van der Waals surface area contributed by atoms with Gasteiger partial charge in [-0.15, -0.1) is 11.3 Å². The largest absolute Gasteiger partial charge is 0.355 e. The molecule has 1 unspecified atom stereocenters. The maximum atomic E-state index is 6.58. The third-order valence-corrected chi connectivity index (χ3v) is 9.22. The van der Waals surface area contributed by atoms with E-state index in [1.807, 2.05) is 31.5 Å². The predicted octanol–water partition coefficient (Wildman–Crippen LogP) is 3.59. The zero-order valence-electron chi connectivity index (χ0n) is 17.8. The van der Waals surface area contributed by atoms with E-state index in [0.717, 1.165) is 34.5 Å². The lowest BCUT2D eigenvalue weighted by Gasteiger charge is -2.25. The Hall–Kier alpha value is -2.53. The minimum atomic E-state index is 0.0447. The maximum absolute atomic E-state index is 6.58. The first-order valence-electron chi connectivity index (χ1n) is 10.6. The van der Waals surface area contributed by atoms with Crippen LogP contribution in [0.4, 0.5) is 5.82 Å². The Morgan fingerprint density at radius 1 is 1.21 bits per heavy atom. The van der Waals surface area contributed by atoms with E-state index >= 15 is 0 Å². The Morgan fingerprint density at radius 3 is 2.70 bits per heavy atom. The number of hydrogen-bond acceptors (Lipinski definition) is 9. The Kier molecular flexibility index (Phi) is 5.13. The molecule has 0 bridgehead atoms. The van der Waals surface area contributed by atoms with Gasteiger partial charge in [0.15, 0.2) is 5.82 Å². The zero-order chi connectivity index (χ0) is 22.6. The van der Waals surface area contributed by atoms with E-state index in [0.29, 0.717) is 29.2 Å². The smallest absolute Gasteiger partial charge is 0.173 e. The van der Waals surface area contributed by atoms with Gasteiger partial charge in [-0.05, 0) is 30.9 Å². The summed E-state index contributed by atoms with van der Waals surface area (Å²) in [5, 5.41) is 8.83. The van der Waals surface area contributed by atoms with Gasteiger partial charge in [-0.25, -0.2) is 24.6 Å². The molecule has 33 heavy (non-hydrogen) atoms. The van der Waals surface area contributed by atoms with Crippen LogP contribution in [0.15, 0.2) is 58.4 Å². The van der Waals surface area contributed by atoms with Crippen molar-refractivity contribution < 1.29 is 0 Å². The molecule has 0 amide bonds. The Bertz CT molecular complexity index is 1280. The summed E-state index contributed by atoms with van der Waals surface area (Å²) in [4.78, 5) is 21.6. The van der Waals surface area contributed by atoms with E-state index < -0.39 is 0 Å². The summed E-state index contributed by atoms with van der Waals surface area (Å²) in [6.45, 7) is 4.56. The first kappa shape index (κ1) is 21.0. The second-order valence-corrected chi connectivity index (χ2v) is 10.7. The lowest BCUT2D eigenvalue weighted by atomic mass is 10.0. The van der Waals surface area contributed by atoms with E-state index in [-0.39, 0.29) is 5.41 Å². The molecule has 1 aliphatic heterocycles. The fraction of sp³-hybridized carbons (Fsp3) is 0.318. The molecule has 4 aromatic heterocycles. The highest BCUT2D eigenvalue weighted by molar-refractivity contribution is 7.99. The number of nitrogens with zero attached hydrogens (tertiary/aromatic N) is 7. The van der Waals surface area contributed by atoms with Crippen molar-refractivity contribution in [2.45, 2.75) is 22.3 Å². The van der Waals surface area contributed by atoms with Crippen molar-refractivity contribution in [1.29, 1.82) is 0 Å². The average molecular weight is 497 g/mol. The van der Waals surface area contributed by atoms with Gasteiger partial charge in [0.25, 0.3) is 0 Å². The molecule has 1 saturated heterocycles. The van der Waals surface area contributed by atoms with Crippen LogP contribution in [0.2, 0.25) is 5.02 Å². The topological polar surface area (TPSA) is 98.6 Å². The van der Waals surface area contributed by atoms with Crippen LogP contribution in [0, 0.1) is 18.8 Å². The highest BCUT2D eigenvalue weighted by atomic mass is 35.5. The molecular formula is C22H21ClN8S2. The number of fused-ring (bicyclic) bond motifs is 1. The van der Waals surface area contributed by atoms with Crippen LogP contribution < -0.4 is 10.6 Å². The van der Waals surface area contributed by atoms with Crippen molar-refractivity contribution in [1.82, 2.24) is 29.7 Å². The summed E-state index contributed by atoms with van der Waals surface area (Å²) >= 11 is 9.78. The van der Waals surface area contributed by atoms with Crippen LogP contribution in [0.5, 0.6) is 0 Å². The number of aryl methyl sites for hydroxylation is 1. The van der Waals surface area contributed by atoms with Gasteiger partial charge in [0.05, 0.1) is 17.4 Å². The number of nitrogens with two attached hydrogens (primary N) is 1. The summed E-state index contributed by atoms with van der Waals surface area (Å²) in [5.74, 6) is 2.54. The van der Waals surface area contributed by atoms with Crippen molar-refractivity contribution in [3.05, 3.63) is 64.2 Å². The fourth-order valence-electron chi connectivity index (χ4n) is 4.88. The fourth-order valence-corrected chi connectivity index (χ4v) is 7.08. The molecule has 4 aromatic rings. The molecule has 8 nitrogen and oxygen atoms in total. The number of halogens is 1. The molecule has 2 N–H and O–H groups in total. The van der Waals surface area contributed by atoms with Gasteiger partial charge in [-0.1, -0.05) is 23.4 Å². The van der Waals surface area contributed by atoms with Crippen LogP contribution in [0.25, 0.3) is 5.82 Å². The molecule has 6 rings (SSSR count). The van der Waals surface area contributed by atoms with Gasteiger partial charge in [-0.3, -0.25) is 0 Å². The monoisotopic (exact) mass is 496 g/mol. The molecule has 0 radical (unpaired) electrons. The van der Waals surface area contributed by atoms with Gasteiger partial charge in [0, 0.05) is 59.6 Å². The molecule has 2 aliphatic rings. The summed E-state index contributed by atoms with van der Waals surface area (Å²) in [5.41, 5.74) is 7.35. The number of rotatable bonds is 6. The molecule has 168 valence electrons. The van der Waals surface area contributed by atoms with Crippen LogP contribution >= 0.6 is 34.7 Å². The summed E-state index contributed by atoms with van der Waals surface area (Å²) in [6, 6.07) is 3.70. The standard InChI is InChI=1S/C22H21ClN8S2/c1-13-11-32-21(29-13)22(12-24)14-9-30(10-15(14)22)17-7-27-18(8-26-17)33-16-3-5-25-20(19(16)23)31-6-2-4-28-31/h2-8,11,14-15H,9-10,12,24H2,1H3/t14-,15+,22?. The number of piperidine rings is 1. The molecule has 0 aromatic carbocycles. The number of anilines is 1. The van der Waals surface area contributed by atoms with Gasteiger partial charge in [-0.2, -0.15) is 5.10 Å². The van der Waals surface area contributed by atoms with Crippen molar-refractivity contribution in [3.8, 4) is 5.82 Å². The highest BCUT2D eigenvalue weighted by Gasteiger charge is 2.69. The summed E-state index contributed by atoms with van der Waals surface area (Å²) in [6.07, 6.45) is 8.87. The summed E-state index contributed by atoms with van der Waals surface area (Å²) in [7, 11) is 0. The van der Waals surface area contributed by atoms with E-state index in [1.54, 1.807) is 34.6 Å².